The first-order valence-electron chi connectivity index (χ1n) is 6.98. The molecule has 5 nitrogen and oxygen atoms in total. The summed E-state index contributed by atoms with van der Waals surface area (Å²) in [4.78, 5) is 37.1. The molecular formula is C14H21NO4. The van der Waals surface area contributed by atoms with Crippen molar-refractivity contribution in [1.82, 2.24) is 4.90 Å². The highest BCUT2D eigenvalue weighted by Gasteiger charge is 2.55. The number of carboxylic acids is 1. The lowest BCUT2D eigenvalue weighted by atomic mass is 9.73. The highest BCUT2D eigenvalue weighted by Crippen LogP contribution is 2.46. The van der Waals surface area contributed by atoms with E-state index >= 15 is 0 Å². The molecule has 0 bridgehead atoms. The number of carbonyl (C=O) groups excluding carboxylic acids is 2. The van der Waals surface area contributed by atoms with E-state index < -0.39 is 17.4 Å². The summed E-state index contributed by atoms with van der Waals surface area (Å²) < 4.78 is 0. The monoisotopic (exact) mass is 267 g/mol. The number of imide groups is 1. The number of nitrogens with zero attached hydrogens (tertiary/aromatic N) is 1. The Kier molecular flexibility index (Phi) is 3.65. The second kappa shape index (κ2) is 4.94. The first kappa shape index (κ1) is 14.0. The highest BCUT2D eigenvalue weighted by molar-refractivity contribution is 6.08. The maximum Gasteiger partial charge on any atom is 0.327 e. The maximum absolute atomic E-state index is 12.6. The zero-order valence-corrected chi connectivity index (χ0v) is 11.5. The number of carbonyl (C=O) groups is 3. The Hall–Kier alpha value is -1.39. The Morgan fingerprint density at radius 3 is 2.26 bits per heavy atom. The molecule has 5 heteroatoms. The Balaban J connectivity index is 2.29. The molecule has 1 N–H and O–H groups in total. The average Bonchev–Trinajstić information content (AvgIpc) is 2.54. The average molecular weight is 267 g/mol. The number of hydrogen-bond donors (Lipinski definition) is 1. The van der Waals surface area contributed by atoms with Gasteiger partial charge in [0.25, 0.3) is 0 Å². The maximum atomic E-state index is 12.6. The quantitative estimate of drug-likeness (QED) is 0.791. The van der Waals surface area contributed by atoms with Crippen molar-refractivity contribution in [2.75, 3.05) is 0 Å². The Bertz CT molecular complexity index is 410. The van der Waals surface area contributed by atoms with Crippen molar-refractivity contribution in [2.45, 2.75) is 58.4 Å². The lowest BCUT2D eigenvalue weighted by Crippen LogP contribution is -2.49. The zero-order valence-electron chi connectivity index (χ0n) is 11.5. The Morgan fingerprint density at radius 2 is 1.79 bits per heavy atom. The third-order valence-electron chi connectivity index (χ3n) is 4.40. The van der Waals surface area contributed by atoms with Crippen molar-refractivity contribution in [1.29, 1.82) is 0 Å². The normalized spacial score (nSPS) is 24.3. The molecule has 2 amide bonds. The summed E-state index contributed by atoms with van der Waals surface area (Å²) in [5.74, 6) is -1.93. The van der Waals surface area contributed by atoms with Crippen LogP contribution in [0.25, 0.3) is 0 Å². The number of hydrogen-bond acceptors (Lipinski definition) is 3. The molecule has 1 spiro atoms. The minimum absolute atomic E-state index is 0.197. The molecule has 0 radical (unpaired) electrons. The molecule has 0 aromatic carbocycles. The summed E-state index contributed by atoms with van der Waals surface area (Å²) in [6, 6.07) is -1.03. The predicted molar refractivity (Wildman–Crippen MR) is 68.2 cm³/mol. The molecular weight excluding hydrogens is 246 g/mol. The zero-order chi connectivity index (χ0) is 14.2. The van der Waals surface area contributed by atoms with Crippen molar-refractivity contribution < 1.29 is 19.5 Å². The van der Waals surface area contributed by atoms with Crippen molar-refractivity contribution in [3.05, 3.63) is 0 Å². The topological polar surface area (TPSA) is 74.7 Å². The minimum atomic E-state index is -1.09. The Morgan fingerprint density at radius 1 is 1.21 bits per heavy atom. The van der Waals surface area contributed by atoms with E-state index in [1.165, 1.54) is 0 Å². The third-order valence-corrected chi connectivity index (χ3v) is 4.40. The van der Waals surface area contributed by atoms with E-state index in [1.54, 1.807) is 13.8 Å². The summed E-state index contributed by atoms with van der Waals surface area (Å²) in [6.07, 6.45) is 4.63. The van der Waals surface area contributed by atoms with Crippen molar-refractivity contribution in [3.63, 3.8) is 0 Å². The van der Waals surface area contributed by atoms with Gasteiger partial charge in [0, 0.05) is 6.42 Å². The van der Waals surface area contributed by atoms with Crippen LogP contribution < -0.4 is 0 Å². The summed E-state index contributed by atoms with van der Waals surface area (Å²) in [5, 5.41) is 9.28. The van der Waals surface area contributed by atoms with Gasteiger partial charge in [-0.15, -0.1) is 0 Å². The number of likely N-dealkylation sites (tertiary alicyclic amines) is 1. The fourth-order valence-electron chi connectivity index (χ4n) is 3.41. The van der Waals surface area contributed by atoms with E-state index in [4.69, 9.17) is 0 Å². The van der Waals surface area contributed by atoms with Crippen molar-refractivity contribution >= 4 is 17.8 Å². The minimum Gasteiger partial charge on any atom is -0.480 e. The van der Waals surface area contributed by atoms with E-state index in [0.29, 0.717) is 0 Å². The molecule has 1 atom stereocenters. The summed E-state index contributed by atoms with van der Waals surface area (Å²) in [6.45, 7) is 3.45. The van der Waals surface area contributed by atoms with E-state index in [2.05, 4.69) is 0 Å². The molecule has 1 heterocycles. The second-order valence-corrected chi connectivity index (χ2v) is 6.11. The van der Waals surface area contributed by atoms with Crippen LogP contribution in [0.15, 0.2) is 0 Å². The molecule has 0 aromatic rings. The van der Waals surface area contributed by atoms with Crippen LogP contribution in [-0.2, 0) is 14.4 Å². The van der Waals surface area contributed by atoms with Gasteiger partial charge >= 0.3 is 5.97 Å². The van der Waals surface area contributed by atoms with Crippen LogP contribution in [0, 0.1) is 11.3 Å². The van der Waals surface area contributed by atoms with Crippen LogP contribution in [-0.4, -0.2) is 33.8 Å². The third kappa shape index (κ3) is 2.26. The molecule has 2 rings (SSSR count). The van der Waals surface area contributed by atoms with Gasteiger partial charge in [0.1, 0.15) is 6.04 Å². The molecule has 1 aliphatic heterocycles. The SMILES string of the molecule is CC(C)C(C(=O)O)N1C(=O)CC2(CCCCC2)C1=O. The van der Waals surface area contributed by atoms with Gasteiger partial charge in [0.05, 0.1) is 5.41 Å². The van der Waals surface area contributed by atoms with Crippen LogP contribution >= 0.6 is 0 Å². The fraction of sp³-hybridized carbons (Fsp3) is 0.786. The van der Waals surface area contributed by atoms with Crippen molar-refractivity contribution in [2.24, 2.45) is 11.3 Å². The van der Waals surface area contributed by atoms with Gasteiger partial charge in [-0.3, -0.25) is 14.5 Å². The number of carboxylic acid groups (broad SMARTS) is 1. The van der Waals surface area contributed by atoms with Crippen molar-refractivity contribution in [3.8, 4) is 0 Å². The Labute approximate surface area is 113 Å². The fourth-order valence-corrected chi connectivity index (χ4v) is 3.41. The largest absolute Gasteiger partial charge is 0.480 e. The lowest BCUT2D eigenvalue weighted by molar-refractivity contribution is -0.158. The molecule has 1 saturated heterocycles. The van der Waals surface area contributed by atoms with Gasteiger partial charge in [-0.05, 0) is 18.8 Å². The summed E-state index contributed by atoms with van der Waals surface area (Å²) >= 11 is 0. The highest BCUT2D eigenvalue weighted by atomic mass is 16.4. The number of amides is 2. The van der Waals surface area contributed by atoms with Gasteiger partial charge in [0.2, 0.25) is 11.8 Å². The smallest absolute Gasteiger partial charge is 0.327 e. The molecule has 2 aliphatic rings. The molecule has 19 heavy (non-hydrogen) atoms. The first-order chi connectivity index (χ1) is 8.89. The first-order valence-corrected chi connectivity index (χ1v) is 6.98. The van der Waals surface area contributed by atoms with Gasteiger partial charge in [-0.2, -0.15) is 0 Å². The van der Waals surface area contributed by atoms with E-state index in [0.717, 1.165) is 37.0 Å². The molecule has 0 aromatic heterocycles. The molecule has 1 aliphatic carbocycles. The van der Waals surface area contributed by atoms with Crippen LogP contribution in [0.1, 0.15) is 52.4 Å². The van der Waals surface area contributed by atoms with E-state index in [9.17, 15) is 19.5 Å². The van der Waals surface area contributed by atoms with Crippen LogP contribution in [0.2, 0.25) is 0 Å². The standard InChI is InChI=1S/C14H21NO4/c1-9(2)11(12(17)18)15-10(16)8-14(13(15)19)6-4-3-5-7-14/h9,11H,3-8H2,1-2H3,(H,17,18). The summed E-state index contributed by atoms with van der Waals surface area (Å²) in [7, 11) is 0. The van der Waals surface area contributed by atoms with E-state index in [1.807, 2.05) is 0 Å². The summed E-state index contributed by atoms with van der Waals surface area (Å²) in [5.41, 5.74) is -0.599. The molecule has 2 fully saturated rings. The van der Waals surface area contributed by atoms with Crippen LogP contribution in [0.5, 0.6) is 0 Å². The number of rotatable bonds is 3. The second-order valence-electron chi connectivity index (χ2n) is 6.11. The molecule has 1 saturated carbocycles. The molecule has 106 valence electrons. The predicted octanol–water partition coefficient (Wildman–Crippen LogP) is 1.80. The molecule has 1 unspecified atom stereocenters. The van der Waals surface area contributed by atoms with Crippen LogP contribution in [0.4, 0.5) is 0 Å². The van der Waals surface area contributed by atoms with Gasteiger partial charge in [0.15, 0.2) is 0 Å². The van der Waals surface area contributed by atoms with Crippen LogP contribution in [0.3, 0.4) is 0 Å². The van der Waals surface area contributed by atoms with Gasteiger partial charge in [-0.25, -0.2) is 4.79 Å². The van der Waals surface area contributed by atoms with Gasteiger partial charge < -0.3 is 5.11 Å². The van der Waals surface area contributed by atoms with Gasteiger partial charge in [-0.1, -0.05) is 33.1 Å². The number of aliphatic carboxylic acids is 1. The van der Waals surface area contributed by atoms with E-state index in [-0.39, 0.29) is 24.2 Å². The lowest BCUT2D eigenvalue weighted by Gasteiger charge is -2.32.